The van der Waals surface area contributed by atoms with E-state index in [2.05, 4.69) is 32.9 Å². The van der Waals surface area contributed by atoms with Gasteiger partial charge in [0.25, 0.3) is 0 Å². The molecule has 1 rings (SSSR count). The zero-order chi connectivity index (χ0) is 11.2. The van der Waals surface area contributed by atoms with E-state index in [9.17, 15) is 0 Å². The van der Waals surface area contributed by atoms with Crippen molar-refractivity contribution in [3.05, 3.63) is 35.9 Å². The summed E-state index contributed by atoms with van der Waals surface area (Å²) in [5.41, 5.74) is 1.32. The first kappa shape index (κ1) is 29.8. The standard InChI is InChI=1S/C7H8.C5H12.C2H6.3CH4/c1-7-5-3-2-4-6-7;1-3-5-4-2;1-2;;;/h2-6H,1H3;3-5H2,1-2H3;1-2H3;3*1H4. The van der Waals surface area contributed by atoms with Gasteiger partial charge >= 0.3 is 0 Å². The smallest absolute Gasteiger partial charge is 0.0398 e. The lowest BCUT2D eigenvalue weighted by molar-refractivity contribution is 0.772. The summed E-state index contributed by atoms with van der Waals surface area (Å²) in [4.78, 5) is 0. The molecule has 0 amide bonds. The zero-order valence-electron chi connectivity index (χ0n) is 10.5. The lowest BCUT2D eigenvalue weighted by atomic mass is 10.2. The van der Waals surface area contributed by atoms with Gasteiger partial charge in [-0.05, 0) is 6.92 Å². The number of hydrogen-bond acceptors (Lipinski definition) is 0. The van der Waals surface area contributed by atoms with Gasteiger partial charge in [0.2, 0.25) is 0 Å². The molecule has 0 atom stereocenters. The van der Waals surface area contributed by atoms with Crippen LogP contribution in [0, 0.1) is 6.92 Å². The third kappa shape index (κ3) is 31.3. The van der Waals surface area contributed by atoms with E-state index in [0.717, 1.165) is 0 Å². The van der Waals surface area contributed by atoms with E-state index in [1.165, 1.54) is 24.8 Å². The maximum absolute atomic E-state index is 2.21. The van der Waals surface area contributed by atoms with Gasteiger partial charge in [0.1, 0.15) is 0 Å². The molecule has 0 saturated carbocycles. The fourth-order valence-corrected chi connectivity index (χ4v) is 0.888. The molecule has 0 radical (unpaired) electrons. The van der Waals surface area contributed by atoms with Crippen molar-refractivity contribution in [2.75, 3.05) is 0 Å². The van der Waals surface area contributed by atoms with Crippen molar-refractivity contribution in [2.45, 2.75) is 76.2 Å². The second-order valence-electron chi connectivity index (χ2n) is 3.01. The van der Waals surface area contributed by atoms with Crippen molar-refractivity contribution in [3.8, 4) is 0 Å². The van der Waals surface area contributed by atoms with Crippen LogP contribution in [0.2, 0.25) is 0 Å². The van der Waals surface area contributed by atoms with Crippen LogP contribution in [0.1, 0.15) is 74.8 Å². The van der Waals surface area contributed by atoms with Gasteiger partial charge in [-0.3, -0.25) is 0 Å². The van der Waals surface area contributed by atoms with Gasteiger partial charge in [-0.25, -0.2) is 0 Å². The Hall–Kier alpha value is -0.780. The zero-order valence-corrected chi connectivity index (χ0v) is 10.5. The molecule has 0 heteroatoms. The minimum Gasteiger partial charge on any atom is -0.0776 e. The average Bonchev–Trinajstić information content (AvgIpc) is 2.24. The Labute approximate surface area is 112 Å². The predicted octanol–water partition coefficient (Wildman–Crippen LogP) is 7.13. The van der Waals surface area contributed by atoms with E-state index in [1.807, 2.05) is 32.0 Å². The fraction of sp³-hybridized carbons (Fsp3) is 0.647. The van der Waals surface area contributed by atoms with Crippen LogP contribution in [0.25, 0.3) is 0 Å². The molecular formula is C17H38. The van der Waals surface area contributed by atoms with Gasteiger partial charge in [0.15, 0.2) is 0 Å². The Balaban J connectivity index is -0.0000000440. The van der Waals surface area contributed by atoms with Crippen molar-refractivity contribution in [1.82, 2.24) is 0 Å². The molecule has 0 fully saturated rings. The molecule has 1 aromatic rings. The van der Waals surface area contributed by atoms with Gasteiger partial charge in [0, 0.05) is 0 Å². The number of hydrogen-bond donors (Lipinski definition) is 0. The van der Waals surface area contributed by atoms with Crippen molar-refractivity contribution >= 4 is 0 Å². The molecule has 0 unspecified atom stereocenters. The highest BCUT2D eigenvalue weighted by Gasteiger charge is 1.72. The normalized spacial score (nSPS) is 6.41. The predicted molar refractivity (Wildman–Crippen MR) is 87.9 cm³/mol. The maximum Gasteiger partial charge on any atom is -0.0398 e. The van der Waals surface area contributed by atoms with Crippen LogP contribution in [0.5, 0.6) is 0 Å². The molecule has 0 nitrogen and oxygen atoms in total. The van der Waals surface area contributed by atoms with Crippen LogP contribution < -0.4 is 0 Å². The van der Waals surface area contributed by atoms with Crippen LogP contribution >= 0.6 is 0 Å². The third-order valence-electron chi connectivity index (χ3n) is 1.65. The van der Waals surface area contributed by atoms with Crippen LogP contribution in [-0.2, 0) is 0 Å². The van der Waals surface area contributed by atoms with Crippen molar-refractivity contribution in [3.63, 3.8) is 0 Å². The topological polar surface area (TPSA) is 0 Å². The summed E-state index contributed by atoms with van der Waals surface area (Å²) in [5, 5.41) is 0. The molecule has 0 aliphatic heterocycles. The van der Waals surface area contributed by atoms with Crippen LogP contribution in [0.3, 0.4) is 0 Å². The highest BCUT2D eigenvalue weighted by atomic mass is 13.8. The second kappa shape index (κ2) is 29.5. The minimum atomic E-state index is 0. The van der Waals surface area contributed by atoms with Crippen LogP contribution in [0.15, 0.2) is 30.3 Å². The quantitative estimate of drug-likeness (QED) is 0.517. The molecule has 0 saturated heterocycles. The molecule has 106 valence electrons. The summed E-state index contributed by atoms with van der Waals surface area (Å²) >= 11 is 0. The van der Waals surface area contributed by atoms with E-state index >= 15 is 0 Å². The summed E-state index contributed by atoms with van der Waals surface area (Å²) in [5.74, 6) is 0. The summed E-state index contributed by atoms with van der Waals surface area (Å²) < 4.78 is 0. The second-order valence-corrected chi connectivity index (χ2v) is 3.01. The average molecular weight is 242 g/mol. The molecule has 0 aromatic heterocycles. The fourth-order valence-electron chi connectivity index (χ4n) is 0.888. The molecular weight excluding hydrogens is 204 g/mol. The summed E-state index contributed by atoms with van der Waals surface area (Å²) in [6.45, 7) is 10.5. The SMILES string of the molecule is C.C.C.CC.CCCCC.Cc1ccccc1. The Morgan fingerprint density at radius 3 is 1.24 bits per heavy atom. The number of aryl methyl sites for hydroxylation is 1. The molecule has 0 aliphatic rings. The number of benzene rings is 1. The number of unbranched alkanes of at least 4 members (excludes halogenated alkanes) is 2. The molecule has 0 heterocycles. The monoisotopic (exact) mass is 242 g/mol. The lowest BCUT2D eigenvalue weighted by Gasteiger charge is -1.82. The third-order valence-corrected chi connectivity index (χ3v) is 1.65. The molecule has 17 heavy (non-hydrogen) atoms. The van der Waals surface area contributed by atoms with Gasteiger partial charge < -0.3 is 0 Å². The van der Waals surface area contributed by atoms with Gasteiger partial charge in [-0.15, -0.1) is 0 Å². The molecule has 0 aliphatic carbocycles. The van der Waals surface area contributed by atoms with E-state index in [4.69, 9.17) is 0 Å². The Morgan fingerprint density at radius 1 is 0.765 bits per heavy atom. The van der Waals surface area contributed by atoms with E-state index < -0.39 is 0 Å². The first-order chi connectivity index (χ1) is 6.81. The van der Waals surface area contributed by atoms with Crippen molar-refractivity contribution < 1.29 is 0 Å². The molecule has 0 N–H and O–H groups in total. The van der Waals surface area contributed by atoms with Gasteiger partial charge in [-0.1, -0.05) is 105 Å². The largest absolute Gasteiger partial charge is 0.0776 e. The minimum absolute atomic E-state index is 0. The van der Waals surface area contributed by atoms with Crippen molar-refractivity contribution in [1.29, 1.82) is 0 Å². The summed E-state index contributed by atoms with van der Waals surface area (Å²) in [6.07, 6.45) is 4.08. The van der Waals surface area contributed by atoms with E-state index in [1.54, 1.807) is 0 Å². The van der Waals surface area contributed by atoms with Crippen molar-refractivity contribution in [2.24, 2.45) is 0 Å². The number of rotatable bonds is 2. The molecule has 0 spiro atoms. The Bertz CT molecular complexity index is 163. The highest BCUT2D eigenvalue weighted by Crippen LogP contribution is 1.92. The summed E-state index contributed by atoms with van der Waals surface area (Å²) in [6, 6.07) is 10.3. The van der Waals surface area contributed by atoms with Crippen LogP contribution in [0.4, 0.5) is 0 Å². The van der Waals surface area contributed by atoms with Gasteiger partial charge in [0.05, 0.1) is 0 Å². The van der Waals surface area contributed by atoms with Gasteiger partial charge in [-0.2, -0.15) is 0 Å². The molecule has 1 aromatic carbocycles. The Morgan fingerprint density at radius 2 is 1.12 bits per heavy atom. The van der Waals surface area contributed by atoms with Crippen LogP contribution in [-0.4, -0.2) is 0 Å². The Kier molecular flexibility index (Phi) is 51.7. The lowest BCUT2D eigenvalue weighted by Crippen LogP contribution is -1.62. The van der Waals surface area contributed by atoms with E-state index in [-0.39, 0.29) is 22.3 Å². The van der Waals surface area contributed by atoms with E-state index in [0.29, 0.717) is 0 Å². The summed E-state index contributed by atoms with van der Waals surface area (Å²) in [7, 11) is 0. The first-order valence-corrected chi connectivity index (χ1v) is 5.82. The molecule has 0 bridgehead atoms. The first-order valence-electron chi connectivity index (χ1n) is 5.82. The maximum atomic E-state index is 2.21. The highest BCUT2D eigenvalue weighted by molar-refractivity contribution is 5.11.